The monoisotopic (exact) mass is 290 g/mol. The van der Waals surface area contributed by atoms with Gasteiger partial charge in [-0.15, -0.1) is 0 Å². The molecule has 2 aromatic rings. The molecular weight excluding hydrogens is 272 g/mol. The summed E-state index contributed by atoms with van der Waals surface area (Å²) in [5, 5.41) is 0.768. The van der Waals surface area contributed by atoms with Crippen molar-refractivity contribution in [3.05, 3.63) is 59.1 Å². The van der Waals surface area contributed by atoms with Crippen LogP contribution in [-0.2, 0) is 6.54 Å². The number of rotatable bonds is 6. The van der Waals surface area contributed by atoms with Crippen molar-refractivity contribution in [1.82, 2.24) is 4.90 Å². The van der Waals surface area contributed by atoms with Gasteiger partial charge < -0.3 is 10.5 Å². The first-order valence-corrected chi connectivity index (χ1v) is 6.93. The summed E-state index contributed by atoms with van der Waals surface area (Å²) in [5.74, 6) is 0.739. The van der Waals surface area contributed by atoms with Gasteiger partial charge in [-0.25, -0.2) is 0 Å². The number of nitrogen functional groups attached to an aromatic ring is 1. The Balaban J connectivity index is 1.78. The first-order valence-electron chi connectivity index (χ1n) is 6.55. The van der Waals surface area contributed by atoms with Gasteiger partial charge >= 0.3 is 0 Å². The Morgan fingerprint density at radius 1 is 1.15 bits per heavy atom. The Bertz CT molecular complexity index is 560. The Hall–Kier alpha value is -1.71. The van der Waals surface area contributed by atoms with E-state index >= 15 is 0 Å². The van der Waals surface area contributed by atoms with Crippen LogP contribution in [0.5, 0.6) is 5.75 Å². The number of anilines is 1. The molecule has 0 aliphatic heterocycles. The summed E-state index contributed by atoms with van der Waals surface area (Å²) in [6.45, 7) is 2.26. The molecule has 0 heterocycles. The van der Waals surface area contributed by atoms with Gasteiger partial charge in [-0.3, -0.25) is 4.90 Å². The Morgan fingerprint density at radius 2 is 1.95 bits per heavy atom. The van der Waals surface area contributed by atoms with Gasteiger partial charge in [-0.05, 0) is 36.9 Å². The van der Waals surface area contributed by atoms with Crippen LogP contribution in [-0.4, -0.2) is 25.1 Å². The number of nitrogens with zero attached hydrogens (tertiary/aromatic N) is 1. The van der Waals surface area contributed by atoms with Crippen LogP contribution in [0.3, 0.4) is 0 Å². The van der Waals surface area contributed by atoms with Gasteiger partial charge in [-0.1, -0.05) is 35.9 Å². The summed E-state index contributed by atoms with van der Waals surface area (Å²) < 4.78 is 5.68. The number of para-hydroxylation sites is 2. The lowest BCUT2D eigenvalue weighted by atomic mass is 10.2. The Kier molecular flexibility index (Phi) is 5.27. The highest BCUT2D eigenvalue weighted by atomic mass is 35.5. The van der Waals surface area contributed by atoms with Crippen molar-refractivity contribution in [3.63, 3.8) is 0 Å². The summed E-state index contributed by atoms with van der Waals surface area (Å²) in [7, 11) is 2.05. The fourth-order valence-corrected chi connectivity index (χ4v) is 2.16. The van der Waals surface area contributed by atoms with Crippen molar-refractivity contribution in [2.24, 2.45) is 0 Å². The Labute approximate surface area is 124 Å². The van der Waals surface area contributed by atoms with Gasteiger partial charge in [0.05, 0.1) is 5.69 Å². The third-order valence-corrected chi connectivity index (χ3v) is 3.23. The molecule has 0 aliphatic carbocycles. The van der Waals surface area contributed by atoms with Crippen LogP contribution in [0.2, 0.25) is 5.02 Å². The van der Waals surface area contributed by atoms with Crippen molar-refractivity contribution in [2.45, 2.75) is 6.54 Å². The predicted octanol–water partition coefficient (Wildman–Crippen LogP) is 3.43. The van der Waals surface area contributed by atoms with Gasteiger partial charge in [0.25, 0.3) is 0 Å². The topological polar surface area (TPSA) is 38.5 Å². The summed E-state index contributed by atoms with van der Waals surface area (Å²) in [6, 6.07) is 15.4. The van der Waals surface area contributed by atoms with Crippen LogP contribution in [0.25, 0.3) is 0 Å². The van der Waals surface area contributed by atoms with Gasteiger partial charge in [0.2, 0.25) is 0 Å². The summed E-state index contributed by atoms with van der Waals surface area (Å²) in [6.07, 6.45) is 0. The number of likely N-dealkylation sites (N-methyl/N-ethyl adjacent to an activating group) is 1. The van der Waals surface area contributed by atoms with Crippen molar-refractivity contribution in [2.75, 3.05) is 25.9 Å². The average molecular weight is 291 g/mol. The van der Waals surface area contributed by atoms with E-state index in [2.05, 4.69) is 18.0 Å². The van der Waals surface area contributed by atoms with Crippen molar-refractivity contribution in [1.29, 1.82) is 0 Å². The van der Waals surface area contributed by atoms with E-state index in [0.717, 1.165) is 23.9 Å². The standard InChI is InChI=1S/C16H19ClN2O/c1-19(12-13-5-4-6-14(17)11-13)9-10-20-16-8-3-2-7-15(16)18/h2-8,11H,9-10,12,18H2,1H3. The lowest BCUT2D eigenvalue weighted by Crippen LogP contribution is -2.24. The quantitative estimate of drug-likeness (QED) is 0.828. The molecule has 20 heavy (non-hydrogen) atoms. The number of halogens is 1. The zero-order chi connectivity index (χ0) is 14.4. The van der Waals surface area contributed by atoms with E-state index in [-0.39, 0.29) is 0 Å². The number of hydrogen-bond donors (Lipinski definition) is 1. The molecule has 0 unspecified atom stereocenters. The minimum Gasteiger partial charge on any atom is -0.490 e. The minimum absolute atomic E-state index is 0.602. The SMILES string of the molecule is CN(CCOc1ccccc1N)Cc1cccc(Cl)c1. The molecule has 2 N–H and O–H groups in total. The maximum atomic E-state index is 5.97. The van der Waals surface area contributed by atoms with Crippen LogP contribution in [0.15, 0.2) is 48.5 Å². The van der Waals surface area contributed by atoms with E-state index in [9.17, 15) is 0 Å². The molecule has 106 valence electrons. The average Bonchev–Trinajstić information content (AvgIpc) is 2.41. The van der Waals surface area contributed by atoms with Gasteiger partial charge in [0.15, 0.2) is 0 Å². The first kappa shape index (κ1) is 14.7. The number of nitrogens with two attached hydrogens (primary N) is 1. The van der Waals surface area contributed by atoms with E-state index in [0.29, 0.717) is 12.3 Å². The van der Waals surface area contributed by atoms with Crippen LogP contribution in [0.4, 0.5) is 5.69 Å². The zero-order valence-corrected chi connectivity index (χ0v) is 12.3. The molecule has 0 spiro atoms. The molecule has 3 nitrogen and oxygen atoms in total. The van der Waals surface area contributed by atoms with Crippen molar-refractivity contribution >= 4 is 17.3 Å². The summed E-state index contributed by atoms with van der Waals surface area (Å²) >= 11 is 5.97. The molecule has 2 rings (SSSR count). The lowest BCUT2D eigenvalue weighted by Gasteiger charge is -2.17. The highest BCUT2D eigenvalue weighted by Crippen LogP contribution is 2.19. The number of ether oxygens (including phenoxy) is 1. The molecule has 0 atom stereocenters. The first-order chi connectivity index (χ1) is 9.65. The van der Waals surface area contributed by atoms with Crippen LogP contribution >= 0.6 is 11.6 Å². The second kappa shape index (κ2) is 7.17. The maximum absolute atomic E-state index is 5.97. The molecule has 4 heteroatoms. The zero-order valence-electron chi connectivity index (χ0n) is 11.6. The molecule has 0 bridgehead atoms. The largest absolute Gasteiger partial charge is 0.490 e. The molecule has 0 saturated heterocycles. The molecule has 0 fully saturated rings. The van der Waals surface area contributed by atoms with Crippen LogP contribution in [0.1, 0.15) is 5.56 Å². The molecular formula is C16H19ClN2O. The second-order valence-corrected chi connectivity index (χ2v) is 5.19. The second-order valence-electron chi connectivity index (χ2n) is 4.75. The van der Waals surface area contributed by atoms with E-state index in [1.807, 2.05) is 42.5 Å². The fourth-order valence-electron chi connectivity index (χ4n) is 1.95. The third-order valence-electron chi connectivity index (χ3n) is 2.99. The van der Waals surface area contributed by atoms with E-state index in [1.54, 1.807) is 0 Å². The van der Waals surface area contributed by atoms with Crippen molar-refractivity contribution < 1.29 is 4.74 Å². The van der Waals surface area contributed by atoms with Gasteiger partial charge in [-0.2, -0.15) is 0 Å². The van der Waals surface area contributed by atoms with Crippen LogP contribution < -0.4 is 10.5 Å². The molecule has 0 aromatic heterocycles. The van der Waals surface area contributed by atoms with E-state index in [1.165, 1.54) is 5.56 Å². The summed E-state index contributed by atoms with van der Waals surface area (Å²) in [5.41, 5.74) is 7.69. The lowest BCUT2D eigenvalue weighted by molar-refractivity contribution is 0.233. The molecule has 0 aliphatic rings. The fraction of sp³-hybridized carbons (Fsp3) is 0.250. The van der Waals surface area contributed by atoms with Gasteiger partial charge in [0, 0.05) is 18.1 Å². The molecule has 0 saturated carbocycles. The number of hydrogen-bond acceptors (Lipinski definition) is 3. The molecule has 0 amide bonds. The highest BCUT2D eigenvalue weighted by molar-refractivity contribution is 6.30. The van der Waals surface area contributed by atoms with Crippen molar-refractivity contribution in [3.8, 4) is 5.75 Å². The Morgan fingerprint density at radius 3 is 2.70 bits per heavy atom. The van der Waals surface area contributed by atoms with E-state index in [4.69, 9.17) is 22.1 Å². The molecule has 2 aromatic carbocycles. The van der Waals surface area contributed by atoms with E-state index < -0.39 is 0 Å². The third kappa shape index (κ3) is 4.44. The summed E-state index contributed by atoms with van der Waals surface area (Å²) in [4.78, 5) is 2.19. The highest BCUT2D eigenvalue weighted by Gasteiger charge is 2.03. The maximum Gasteiger partial charge on any atom is 0.142 e. The van der Waals surface area contributed by atoms with Crippen LogP contribution in [0, 0.1) is 0 Å². The molecule has 0 radical (unpaired) electrons. The smallest absolute Gasteiger partial charge is 0.142 e. The predicted molar refractivity (Wildman–Crippen MR) is 84.1 cm³/mol. The minimum atomic E-state index is 0.602. The number of benzene rings is 2. The van der Waals surface area contributed by atoms with Gasteiger partial charge in [0.1, 0.15) is 12.4 Å². The normalized spacial score (nSPS) is 10.8.